The van der Waals surface area contributed by atoms with Gasteiger partial charge in [-0.2, -0.15) is 4.31 Å². The van der Waals surface area contributed by atoms with Crippen molar-refractivity contribution in [3.8, 4) is 11.5 Å². The van der Waals surface area contributed by atoms with Gasteiger partial charge in [0.25, 0.3) is 5.91 Å². The summed E-state index contributed by atoms with van der Waals surface area (Å²) >= 11 is 0. The maximum Gasteiger partial charge on any atom is 0.277 e. The third kappa shape index (κ3) is 5.21. The van der Waals surface area contributed by atoms with Crippen molar-refractivity contribution in [1.82, 2.24) is 9.21 Å². The highest BCUT2D eigenvalue weighted by Gasteiger charge is 2.33. The molecule has 0 spiro atoms. The Kier molecular flexibility index (Phi) is 7.37. The van der Waals surface area contributed by atoms with Crippen LogP contribution in [0.5, 0.6) is 11.5 Å². The molecule has 2 aliphatic heterocycles. The third-order valence-electron chi connectivity index (χ3n) is 5.79. The minimum Gasteiger partial charge on any atom is -0.497 e. The molecule has 0 atom stereocenters. The summed E-state index contributed by atoms with van der Waals surface area (Å²) in [6, 6.07) is 4.74. The average molecular weight is 427 g/mol. The lowest BCUT2D eigenvalue weighted by molar-refractivity contribution is -0.891. The fourth-order valence-electron chi connectivity index (χ4n) is 4.03. The van der Waals surface area contributed by atoms with Crippen LogP contribution in [0.15, 0.2) is 23.1 Å². The lowest BCUT2D eigenvalue weighted by Gasteiger charge is -2.34. The van der Waals surface area contributed by atoms with Crippen LogP contribution >= 0.6 is 0 Å². The van der Waals surface area contributed by atoms with Crippen molar-refractivity contribution in [2.24, 2.45) is 0 Å². The molecular formula is C20H32N3O5S+. The van der Waals surface area contributed by atoms with Gasteiger partial charge in [0, 0.05) is 32.2 Å². The fraction of sp³-hybridized carbons (Fsp3) is 0.650. The van der Waals surface area contributed by atoms with Crippen LogP contribution in [-0.2, 0) is 14.8 Å². The van der Waals surface area contributed by atoms with E-state index in [1.54, 1.807) is 17.0 Å². The van der Waals surface area contributed by atoms with Crippen molar-refractivity contribution in [3.05, 3.63) is 18.2 Å². The Hall–Kier alpha value is -1.84. The minimum atomic E-state index is -3.73. The monoisotopic (exact) mass is 426 g/mol. The summed E-state index contributed by atoms with van der Waals surface area (Å²) in [6.45, 7) is 4.00. The molecule has 1 aromatic carbocycles. The van der Waals surface area contributed by atoms with Crippen LogP contribution in [0.25, 0.3) is 0 Å². The number of nitrogens with one attached hydrogen (secondary N) is 1. The number of quaternary nitrogens is 1. The molecule has 1 amide bonds. The van der Waals surface area contributed by atoms with E-state index in [0.717, 1.165) is 13.1 Å². The first kappa shape index (κ1) is 21.9. The second kappa shape index (κ2) is 9.77. The van der Waals surface area contributed by atoms with E-state index < -0.39 is 10.0 Å². The van der Waals surface area contributed by atoms with Gasteiger partial charge in [-0.3, -0.25) is 4.79 Å². The van der Waals surface area contributed by atoms with Crippen molar-refractivity contribution >= 4 is 15.9 Å². The molecular weight excluding hydrogens is 394 g/mol. The molecule has 9 heteroatoms. The smallest absolute Gasteiger partial charge is 0.277 e. The van der Waals surface area contributed by atoms with Gasteiger partial charge in [0.2, 0.25) is 10.0 Å². The normalized spacial score (nSPS) is 19.6. The first-order valence-corrected chi connectivity index (χ1v) is 11.7. The Morgan fingerprint density at radius 3 is 2.24 bits per heavy atom. The van der Waals surface area contributed by atoms with Crippen molar-refractivity contribution in [1.29, 1.82) is 0 Å². The van der Waals surface area contributed by atoms with E-state index in [9.17, 15) is 13.2 Å². The molecule has 0 bridgehead atoms. The Bertz CT molecular complexity index is 798. The number of likely N-dealkylation sites (tertiary alicyclic amines) is 1. The van der Waals surface area contributed by atoms with Gasteiger partial charge in [-0.15, -0.1) is 0 Å². The van der Waals surface area contributed by atoms with Crippen LogP contribution < -0.4 is 14.4 Å². The largest absolute Gasteiger partial charge is 0.497 e. The van der Waals surface area contributed by atoms with Gasteiger partial charge in [-0.25, -0.2) is 8.42 Å². The molecule has 0 aromatic heterocycles. The molecule has 1 aromatic rings. The second-order valence-electron chi connectivity index (χ2n) is 7.64. The Labute approximate surface area is 173 Å². The maximum atomic E-state index is 13.1. The van der Waals surface area contributed by atoms with Gasteiger partial charge < -0.3 is 19.3 Å². The highest BCUT2D eigenvalue weighted by atomic mass is 32.2. The molecule has 29 heavy (non-hydrogen) atoms. The molecule has 8 nitrogen and oxygen atoms in total. The standard InChI is InChI=1S/C20H31N3O5S/c1-27-17-7-8-18(28-2)19(15-17)29(25,26)23-13-11-22(12-14-23)20(24)16-21-9-5-3-4-6-10-21/h7-8,15H,3-6,9-14,16H2,1-2H3/p+1. The molecule has 0 radical (unpaired) electrons. The summed E-state index contributed by atoms with van der Waals surface area (Å²) in [6.07, 6.45) is 4.86. The SMILES string of the molecule is COc1ccc(OC)c(S(=O)(=O)N2CCN(C(=O)C[NH+]3CCCCCC3)CC2)c1. The number of ether oxygens (including phenoxy) is 2. The van der Waals surface area contributed by atoms with Crippen LogP contribution in [0.1, 0.15) is 25.7 Å². The molecule has 0 aliphatic carbocycles. The van der Waals surface area contributed by atoms with Gasteiger partial charge in [-0.05, 0) is 37.8 Å². The van der Waals surface area contributed by atoms with Crippen LogP contribution in [-0.4, -0.2) is 83.6 Å². The fourth-order valence-corrected chi connectivity index (χ4v) is 5.63. The summed E-state index contributed by atoms with van der Waals surface area (Å²) in [4.78, 5) is 15.9. The highest BCUT2D eigenvalue weighted by Crippen LogP contribution is 2.31. The molecule has 2 heterocycles. The number of rotatable bonds is 6. The lowest BCUT2D eigenvalue weighted by Crippen LogP contribution is -3.13. The van der Waals surface area contributed by atoms with E-state index in [0.29, 0.717) is 25.4 Å². The number of benzene rings is 1. The zero-order valence-electron chi connectivity index (χ0n) is 17.4. The van der Waals surface area contributed by atoms with E-state index in [2.05, 4.69) is 0 Å². The van der Waals surface area contributed by atoms with Crippen molar-refractivity contribution < 1.29 is 27.6 Å². The number of sulfonamides is 1. The molecule has 162 valence electrons. The van der Waals surface area contributed by atoms with E-state index in [-0.39, 0.29) is 29.6 Å². The predicted molar refractivity (Wildman–Crippen MR) is 109 cm³/mol. The maximum absolute atomic E-state index is 13.1. The number of hydrogen-bond donors (Lipinski definition) is 1. The number of carbonyl (C=O) groups is 1. The minimum absolute atomic E-state index is 0.0909. The van der Waals surface area contributed by atoms with Crippen molar-refractivity contribution in [3.63, 3.8) is 0 Å². The molecule has 0 unspecified atom stereocenters. The Morgan fingerprint density at radius 2 is 1.66 bits per heavy atom. The van der Waals surface area contributed by atoms with Gasteiger partial charge >= 0.3 is 0 Å². The molecule has 1 N–H and O–H groups in total. The molecule has 2 saturated heterocycles. The van der Waals surface area contributed by atoms with Crippen LogP contribution in [0, 0.1) is 0 Å². The van der Waals surface area contributed by atoms with E-state index in [4.69, 9.17) is 9.47 Å². The predicted octanol–water partition coefficient (Wildman–Crippen LogP) is -0.00440. The second-order valence-corrected chi connectivity index (χ2v) is 9.55. The number of carbonyl (C=O) groups excluding carboxylic acids is 1. The van der Waals surface area contributed by atoms with Crippen LogP contribution in [0.3, 0.4) is 0 Å². The number of amides is 1. The summed E-state index contributed by atoms with van der Waals surface area (Å²) in [5.74, 6) is 0.866. The van der Waals surface area contributed by atoms with Crippen LogP contribution in [0.2, 0.25) is 0 Å². The highest BCUT2D eigenvalue weighted by molar-refractivity contribution is 7.89. The quantitative estimate of drug-likeness (QED) is 0.693. The lowest BCUT2D eigenvalue weighted by atomic mass is 10.2. The van der Waals surface area contributed by atoms with Crippen LogP contribution in [0.4, 0.5) is 0 Å². The average Bonchev–Trinajstić information content (AvgIpc) is 3.02. The number of hydrogen-bond acceptors (Lipinski definition) is 5. The summed E-state index contributed by atoms with van der Waals surface area (Å²) in [7, 11) is -0.791. The molecule has 0 saturated carbocycles. The number of nitrogens with zero attached hydrogens (tertiary/aromatic N) is 2. The first-order chi connectivity index (χ1) is 14.0. The van der Waals surface area contributed by atoms with Gasteiger partial charge in [-0.1, -0.05) is 0 Å². The van der Waals surface area contributed by atoms with Gasteiger partial charge in [0.1, 0.15) is 16.4 Å². The zero-order valence-corrected chi connectivity index (χ0v) is 18.2. The first-order valence-electron chi connectivity index (χ1n) is 10.3. The van der Waals surface area contributed by atoms with E-state index >= 15 is 0 Å². The Balaban J connectivity index is 1.63. The van der Waals surface area contributed by atoms with Gasteiger partial charge in [0.05, 0.1) is 27.3 Å². The van der Waals surface area contributed by atoms with Gasteiger partial charge in [0.15, 0.2) is 6.54 Å². The number of methoxy groups -OCH3 is 2. The van der Waals surface area contributed by atoms with Crippen molar-refractivity contribution in [2.75, 3.05) is 60.0 Å². The molecule has 2 aliphatic rings. The third-order valence-corrected chi connectivity index (χ3v) is 7.71. The molecule has 2 fully saturated rings. The summed E-state index contributed by atoms with van der Waals surface area (Å²) in [5, 5.41) is 0. The topological polar surface area (TPSA) is 80.6 Å². The Morgan fingerprint density at radius 1 is 1.00 bits per heavy atom. The zero-order chi connectivity index (χ0) is 20.9. The van der Waals surface area contributed by atoms with E-state index in [1.807, 2.05) is 0 Å². The number of piperazine rings is 1. The summed E-state index contributed by atoms with van der Waals surface area (Å²) < 4.78 is 38.1. The summed E-state index contributed by atoms with van der Waals surface area (Å²) in [5.41, 5.74) is 0. The van der Waals surface area contributed by atoms with E-state index in [1.165, 1.54) is 55.2 Å². The van der Waals surface area contributed by atoms with Crippen molar-refractivity contribution in [2.45, 2.75) is 30.6 Å². The molecule has 3 rings (SSSR count).